The number of benzene rings is 3. The van der Waals surface area contributed by atoms with Crippen LogP contribution in [0.4, 0.5) is 8.78 Å². The van der Waals surface area contributed by atoms with Crippen molar-refractivity contribution >= 4 is 40.6 Å². The maximum Gasteiger partial charge on any atom is 0.253 e. The Bertz CT molecular complexity index is 1790. The second kappa shape index (κ2) is 13.3. The highest BCUT2D eigenvalue weighted by molar-refractivity contribution is 7.99. The molecule has 0 unspecified atom stereocenters. The van der Waals surface area contributed by atoms with Crippen molar-refractivity contribution in [1.82, 2.24) is 25.1 Å². The van der Waals surface area contributed by atoms with Crippen molar-refractivity contribution in [3.63, 3.8) is 0 Å². The van der Waals surface area contributed by atoms with E-state index < -0.39 is 11.7 Å². The van der Waals surface area contributed by atoms with Crippen LogP contribution in [0.3, 0.4) is 0 Å². The van der Waals surface area contributed by atoms with Gasteiger partial charge < -0.3 is 9.88 Å². The number of hydrazone groups is 1. The zero-order valence-corrected chi connectivity index (χ0v) is 24.9. The predicted molar refractivity (Wildman–Crippen MR) is 165 cm³/mol. The van der Waals surface area contributed by atoms with Crippen LogP contribution in [0.1, 0.15) is 44.6 Å². The van der Waals surface area contributed by atoms with Crippen molar-refractivity contribution < 1.29 is 18.4 Å². The van der Waals surface area contributed by atoms with E-state index in [4.69, 9.17) is 0 Å². The van der Waals surface area contributed by atoms with Gasteiger partial charge in [0.15, 0.2) is 11.0 Å². The largest absolute Gasteiger partial charge is 0.345 e. The molecule has 1 atom stereocenters. The lowest BCUT2D eigenvalue weighted by Crippen LogP contribution is -2.28. The predicted octanol–water partition coefficient (Wildman–Crippen LogP) is 6.07. The number of carbonyl (C=O) groups is 2. The fourth-order valence-corrected chi connectivity index (χ4v) is 6.37. The third-order valence-corrected chi connectivity index (χ3v) is 8.89. The molecule has 12 heteroatoms. The van der Waals surface area contributed by atoms with Crippen LogP contribution < -0.4 is 5.32 Å². The van der Waals surface area contributed by atoms with E-state index in [1.54, 1.807) is 23.5 Å². The first-order chi connectivity index (χ1) is 21.4. The van der Waals surface area contributed by atoms with Gasteiger partial charge in [-0.15, -0.1) is 21.5 Å². The van der Waals surface area contributed by atoms with Crippen LogP contribution in [0.5, 0.6) is 0 Å². The minimum atomic E-state index is -0.500. The van der Waals surface area contributed by atoms with Gasteiger partial charge in [0.1, 0.15) is 11.6 Å². The minimum absolute atomic E-state index is 0.0293. The number of thiophene rings is 1. The van der Waals surface area contributed by atoms with E-state index in [2.05, 4.69) is 20.6 Å². The minimum Gasteiger partial charge on any atom is -0.345 e. The smallest absolute Gasteiger partial charge is 0.253 e. The van der Waals surface area contributed by atoms with Gasteiger partial charge in [-0.25, -0.2) is 13.8 Å². The number of rotatable bonds is 10. The summed E-state index contributed by atoms with van der Waals surface area (Å²) in [4.78, 5) is 27.3. The van der Waals surface area contributed by atoms with Crippen molar-refractivity contribution in [1.29, 1.82) is 0 Å². The van der Waals surface area contributed by atoms with Gasteiger partial charge in [0.05, 0.1) is 35.5 Å². The summed E-state index contributed by atoms with van der Waals surface area (Å²) in [5.41, 5.74) is 2.78. The van der Waals surface area contributed by atoms with Gasteiger partial charge in [-0.05, 0) is 52.9 Å². The van der Waals surface area contributed by atoms with Crippen molar-refractivity contribution in [2.24, 2.45) is 5.10 Å². The van der Waals surface area contributed by atoms with Crippen LogP contribution in [0.2, 0.25) is 0 Å². The van der Waals surface area contributed by atoms with E-state index in [0.29, 0.717) is 23.9 Å². The van der Waals surface area contributed by atoms with Gasteiger partial charge in [0.25, 0.3) is 11.8 Å². The molecule has 0 radical (unpaired) electrons. The zero-order chi connectivity index (χ0) is 30.5. The summed E-state index contributed by atoms with van der Waals surface area (Å²) in [5, 5.41) is 20.0. The number of nitrogens with one attached hydrogen (secondary N) is 1. The average Bonchev–Trinajstić information content (AvgIpc) is 3.80. The lowest BCUT2D eigenvalue weighted by Gasteiger charge is -2.22. The van der Waals surface area contributed by atoms with Crippen LogP contribution in [-0.4, -0.2) is 43.1 Å². The van der Waals surface area contributed by atoms with Gasteiger partial charge in [-0.1, -0.05) is 66.4 Å². The van der Waals surface area contributed by atoms with E-state index in [-0.39, 0.29) is 35.6 Å². The number of carbonyl (C=O) groups excluding carboxylic acids is 2. The molecule has 5 aromatic rings. The number of nitrogens with zero attached hydrogens (tertiary/aromatic N) is 5. The Hall–Kier alpha value is -4.68. The lowest BCUT2D eigenvalue weighted by molar-refractivity contribution is -0.130. The Labute approximate surface area is 260 Å². The monoisotopic (exact) mass is 628 g/mol. The van der Waals surface area contributed by atoms with E-state index in [1.807, 2.05) is 52.4 Å². The fraction of sp³-hybridized carbons (Fsp3) is 0.156. The molecule has 2 aromatic heterocycles. The van der Waals surface area contributed by atoms with Gasteiger partial charge in [-0.3, -0.25) is 9.59 Å². The van der Waals surface area contributed by atoms with E-state index in [9.17, 15) is 18.4 Å². The van der Waals surface area contributed by atoms with Crippen molar-refractivity contribution in [3.8, 4) is 0 Å². The normalized spacial score (nSPS) is 14.5. The van der Waals surface area contributed by atoms with Gasteiger partial charge >= 0.3 is 0 Å². The zero-order valence-electron chi connectivity index (χ0n) is 23.3. The Morgan fingerprint density at radius 1 is 0.932 bits per heavy atom. The summed E-state index contributed by atoms with van der Waals surface area (Å²) >= 11 is 2.77. The van der Waals surface area contributed by atoms with Crippen molar-refractivity contribution in [2.75, 3.05) is 5.75 Å². The Kier molecular flexibility index (Phi) is 8.89. The van der Waals surface area contributed by atoms with Crippen LogP contribution in [0.25, 0.3) is 0 Å². The summed E-state index contributed by atoms with van der Waals surface area (Å²) < 4.78 is 29.1. The molecular weight excluding hydrogens is 603 g/mol. The molecule has 3 aromatic carbocycles. The number of thioether (sulfide) groups is 1. The van der Waals surface area contributed by atoms with Crippen LogP contribution in [0.15, 0.2) is 107 Å². The first-order valence-corrected chi connectivity index (χ1v) is 15.6. The third-order valence-electron chi connectivity index (χ3n) is 7.02. The molecule has 0 spiro atoms. The summed E-state index contributed by atoms with van der Waals surface area (Å²) in [6.45, 7) is 0.467. The third kappa shape index (κ3) is 6.76. The summed E-state index contributed by atoms with van der Waals surface area (Å²) in [6.07, 6.45) is 0.516. The van der Waals surface area contributed by atoms with Crippen LogP contribution in [-0.2, 0) is 17.9 Å². The summed E-state index contributed by atoms with van der Waals surface area (Å²) in [6, 6.07) is 24.8. The molecule has 0 fully saturated rings. The molecule has 0 bridgehead atoms. The fourth-order valence-electron chi connectivity index (χ4n) is 4.84. The van der Waals surface area contributed by atoms with Crippen LogP contribution in [0, 0.1) is 11.6 Å². The van der Waals surface area contributed by atoms with Crippen molar-refractivity contribution in [3.05, 3.63) is 135 Å². The number of aromatic nitrogens is 3. The maximum absolute atomic E-state index is 13.7. The topological polar surface area (TPSA) is 92.5 Å². The van der Waals surface area contributed by atoms with E-state index in [0.717, 1.165) is 21.7 Å². The van der Waals surface area contributed by atoms with Gasteiger partial charge in [-0.2, -0.15) is 5.10 Å². The SMILES string of the molecule is O=C(NCc1nnc(SCC(=O)N2N=C(c3cccs3)C[C@@H]2c2ccc(F)cc2)n1Cc1ccccc1)c1cccc(F)c1. The maximum atomic E-state index is 13.7. The second-order valence-corrected chi connectivity index (χ2v) is 11.9. The highest BCUT2D eigenvalue weighted by Gasteiger charge is 2.33. The van der Waals surface area contributed by atoms with Crippen molar-refractivity contribution in [2.45, 2.75) is 30.7 Å². The lowest BCUT2D eigenvalue weighted by atomic mass is 10.0. The average molecular weight is 629 g/mol. The molecule has 6 rings (SSSR count). The molecule has 0 aliphatic carbocycles. The van der Waals surface area contributed by atoms with Gasteiger partial charge in [0.2, 0.25) is 0 Å². The Morgan fingerprint density at radius 3 is 2.50 bits per heavy atom. The summed E-state index contributed by atoms with van der Waals surface area (Å²) in [7, 11) is 0. The second-order valence-electron chi connectivity index (χ2n) is 9.99. The van der Waals surface area contributed by atoms with E-state index in [1.165, 1.54) is 53.2 Å². The van der Waals surface area contributed by atoms with E-state index >= 15 is 0 Å². The van der Waals surface area contributed by atoms with Gasteiger partial charge in [0, 0.05) is 12.0 Å². The number of amides is 2. The number of halogens is 2. The molecule has 2 amide bonds. The van der Waals surface area contributed by atoms with Crippen LogP contribution >= 0.6 is 23.1 Å². The molecule has 3 heterocycles. The first-order valence-electron chi connectivity index (χ1n) is 13.8. The molecule has 0 saturated heterocycles. The number of hydrogen-bond acceptors (Lipinski definition) is 7. The molecule has 1 aliphatic heterocycles. The molecule has 1 N–H and O–H groups in total. The Balaban J connectivity index is 1.21. The molecule has 44 heavy (non-hydrogen) atoms. The molecular formula is C32H26F2N6O2S2. The molecule has 8 nitrogen and oxygen atoms in total. The molecule has 0 saturated carbocycles. The molecule has 222 valence electrons. The highest BCUT2D eigenvalue weighted by Crippen LogP contribution is 2.35. The summed E-state index contributed by atoms with van der Waals surface area (Å²) in [5.74, 6) is -1.01. The Morgan fingerprint density at radius 2 is 1.75 bits per heavy atom. The highest BCUT2D eigenvalue weighted by atomic mass is 32.2. The number of hydrogen-bond donors (Lipinski definition) is 1. The first kappa shape index (κ1) is 29.4. The standard InChI is InChI=1S/C32H26F2N6O2S2/c33-24-13-11-22(12-14-24)27-17-26(28-10-5-15-43-28)38-40(27)30(41)20-44-32-37-36-29(39(32)19-21-6-2-1-3-7-21)18-35-31(42)23-8-4-9-25(34)16-23/h1-16,27H,17-20H2,(H,35,42)/t27-/m1/s1. The quantitative estimate of drug-likeness (QED) is 0.190. The molecule has 1 aliphatic rings.